The molecule has 0 bridgehead atoms. The number of aromatic nitrogens is 4. The Hall–Kier alpha value is -7.63. The number of rotatable bonds is 6. The van der Waals surface area contributed by atoms with Gasteiger partial charge in [-0.2, -0.15) is 0 Å². The van der Waals surface area contributed by atoms with Gasteiger partial charge in [0, 0.05) is 49.5 Å². The van der Waals surface area contributed by atoms with Crippen LogP contribution in [0.5, 0.6) is 0 Å². The summed E-state index contributed by atoms with van der Waals surface area (Å²) in [6.45, 7) is 0. The van der Waals surface area contributed by atoms with E-state index in [-0.39, 0.29) is 33.7 Å². The Morgan fingerprint density at radius 2 is 1.04 bits per heavy atom. The van der Waals surface area contributed by atoms with Crippen molar-refractivity contribution in [1.29, 1.82) is 0 Å². The zero-order valence-corrected chi connectivity index (χ0v) is 29.4. The molecule has 262 valence electrons. The Morgan fingerprint density at radius 3 is 1.79 bits per heavy atom. The summed E-state index contributed by atoms with van der Waals surface area (Å²) < 4.78 is 95.3. The van der Waals surface area contributed by atoms with Gasteiger partial charge in [-0.3, -0.25) is 0 Å². The van der Waals surface area contributed by atoms with Crippen LogP contribution in [0.4, 0.5) is 0 Å². The van der Waals surface area contributed by atoms with Gasteiger partial charge in [-0.05, 0) is 59.2 Å². The molecule has 0 spiro atoms. The molecule has 0 saturated carbocycles. The molecule has 0 unspecified atom stereocenters. The lowest BCUT2D eigenvalue weighted by atomic mass is 9.95. The summed E-state index contributed by atoms with van der Waals surface area (Å²) >= 11 is 0. The molecule has 5 heteroatoms. The third-order valence-corrected chi connectivity index (χ3v) is 10.0. The topological polar surface area (TPSA) is 56.7 Å². The van der Waals surface area contributed by atoms with Crippen LogP contribution in [0.1, 0.15) is 13.7 Å². The van der Waals surface area contributed by atoms with E-state index in [0.717, 1.165) is 38.6 Å². The van der Waals surface area contributed by atoms with Crippen LogP contribution in [0.3, 0.4) is 0 Å². The molecule has 0 atom stereocenters. The minimum atomic E-state index is -0.584. The minimum absolute atomic E-state index is 0.0660. The highest BCUT2D eigenvalue weighted by Crippen LogP contribution is 2.44. The first-order valence-electron chi connectivity index (χ1n) is 23.0. The quantitative estimate of drug-likeness (QED) is 0.171. The van der Waals surface area contributed by atoms with Crippen molar-refractivity contribution in [3.63, 3.8) is 0 Å². The number of hydrogen-bond acceptors (Lipinski definition) is 4. The van der Waals surface area contributed by atoms with Crippen LogP contribution >= 0.6 is 0 Å². The zero-order valence-electron chi connectivity index (χ0n) is 39.4. The molecule has 0 N–H and O–H groups in total. The molecule has 56 heavy (non-hydrogen) atoms. The minimum Gasteiger partial charge on any atom is -0.455 e. The predicted octanol–water partition coefficient (Wildman–Crippen LogP) is 13.2. The monoisotopic (exact) mass is 726 g/mol. The summed E-state index contributed by atoms with van der Waals surface area (Å²) in [6, 6.07) is 36.9. The van der Waals surface area contributed by atoms with Gasteiger partial charge in [0.2, 0.25) is 0 Å². The van der Waals surface area contributed by atoms with Crippen molar-refractivity contribution in [3.05, 3.63) is 194 Å². The lowest BCUT2D eigenvalue weighted by Gasteiger charge is -2.11. The fraction of sp³-hybridized carbons (Fsp3) is 0. The van der Waals surface area contributed by atoms with Crippen LogP contribution in [0.25, 0.3) is 106 Å². The fourth-order valence-corrected chi connectivity index (χ4v) is 7.62. The Labute approximate surface area is 336 Å². The molecule has 0 aliphatic heterocycles. The molecule has 3 heterocycles. The summed E-state index contributed by atoms with van der Waals surface area (Å²) in [4.78, 5) is 15.4. The maximum atomic E-state index is 8.98. The lowest BCUT2D eigenvalue weighted by Crippen LogP contribution is -2.01. The Bertz CT molecular complexity index is 3780. The third kappa shape index (κ3) is 5.21. The molecule has 8 aromatic carbocycles. The van der Waals surface area contributed by atoms with E-state index in [4.69, 9.17) is 33.1 Å². The van der Waals surface area contributed by atoms with Crippen molar-refractivity contribution in [3.8, 4) is 62.1 Å². The molecule has 0 fully saturated rings. The van der Waals surface area contributed by atoms with E-state index in [0.29, 0.717) is 33.6 Å². The Morgan fingerprint density at radius 1 is 0.429 bits per heavy atom. The molecule has 0 amide bonds. The third-order valence-electron chi connectivity index (χ3n) is 10.0. The molecular weight excluding hydrogens is 685 g/mol. The van der Waals surface area contributed by atoms with Crippen molar-refractivity contribution in [2.75, 3.05) is 0 Å². The van der Waals surface area contributed by atoms with Crippen LogP contribution in [0, 0.1) is 0 Å². The van der Waals surface area contributed by atoms with Gasteiger partial charge in [-0.25, -0.2) is 15.0 Å². The molecule has 0 saturated heterocycles. The van der Waals surface area contributed by atoms with Crippen LogP contribution < -0.4 is 0 Å². The van der Waals surface area contributed by atoms with Gasteiger partial charge in [0.1, 0.15) is 11.2 Å². The molecule has 0 aliphatic carbocycles. The molecule has 11 aromatic rings. The van der Waals surface area contributed by atoms with Gasteiger partial charge in [-0.15, -0.1) is 0 Å². The summed E-state index contributed by atoms with van der Waals surface area (Å²) in [6.07, 6.45) is 0. The Kier molecular flexibility index (Phi) is 5.41. The number of fused-ring (bicyclic) bond motifs is 6. The summed E-state index contributed by atoms with van der Waals surface area (Å²) in [7, 11) is 0. The Balaban J connectivity index is 1.24. The molecule has 5 nitrogen and oxygen atoms in total. The van der Waals surface area contributed by atoms with Gasteiger partial charge in [-0.1, -0.05) is 151 Å². The number of hydrogen-bond donors (Lipinski definition) is 0. The molecular formula is C51H32N4O. The number of nitrogens with zero attached hydrogens (tertiary/aromatic N) is 4. The maximum absolute atomic E-state index is 8.98. The van der Waals surface area contributed by atoms with Crippen molar-refractivity contribution in [1.82, 2.24) is 19.5 Å². The second kappa shape index (κ2) is 13.0. The standard InChI is InChI=1S/C51H32N4O/c1-5-17-33(18-6-1)36-31-41(34-19-7-2-8-20-34)48-42(32-36)47-40(27-16-30-45(47)56-48)51-53-49(35-21-9-3-10-22-35)52-50(54-51)39-26-15-29-44-46(39)38-25-13-14-28-43(38)55(44)37-23-11-4-12-24-37/h1-32H/i1D,2D,5D,6D,7D,8D,17D,18D,19D,20D. The van der Waals surface area contributed by atoms with E-state index in [9.17, 15) is 0 Å². The first-order valence-corrected chi connectivity index (χ1v) is 18.0. The summed E-state index contributed by atoms with van der Waals surface area (Å²) in [5.41, 5.74) is 5.30. The number of para-hydroxylation sites is 2. The van der Waals surface area contributed by atoms with Gasteiger partial charge >= 0.3 is 0 Å². The van der Waals surface area contributed by atoms with E-state index in [1.807, 2.05) is 78.9 Å². The van der Waals surface area contributed by atoms with E-state index >= 15 is 0 Å². The van der Waals surface area contributed by atoms with Crippen molar-refractivity contribution >= 4 is 43.7 Å². The smallest absolute Gasteiger partial charge is 0.164 e. The van der Waals surface area contributed by atoms with Crippen molar-refractivity contribution < 1.29 is 18.1 Å². The summed E-state index contributed by atoms with van der Waals surface area (Å²) in [5, 5.41) is 2.78. The molecule has 3 aromatic heterocycles. The molecule has 0 aliphatic rings. The highest BCUT2D eigenvalue weighted by molar-refractivity contribution is 6.17. The fourth-order valence-electron chi connectivity index (χ4n) is 7.62. The average Bonchev–Trinajstić information content (AvgIpc) is 3.91. The van der Waals surface area contributed by atoms with Gasteiger partial charge in [0.05, 0.1) is 24.7 Å². The number of benzene rings is 8. The highest BCUT2D eigenvalue weighted by Gasteiger charge is 2.23. The first-order chi connectivity index (χ1) is 31.9. The normalized spacial score (nSPS) is 14.1. The SMILES string of the molecule is [2H]c1c([2H])c([2H])c(-c2cc(-c3c([2H])c([2H])c([2H])c([2H])c3[2H])c3oc4cccc(-c5nc(-c6ccccc6)nc(-c6cccc7c6c6ccccc6n7-c6ccccc6)n5)c4c3c2)c([2H])c1[2H]. The van der Waals surface area contributed by atoms with Crippen LogP contribution in [0.15, 0.2) is 198 Å². The van der Waals surface area contributed by atoms with Crippen LogP contribution in [0.2, 0.25) is 0 Å². The maximum Gasteiger partial charge on any atom is 0.164 e. The van der Waals surface area contributed by atoms with Crippen molar-refractivity contribution in [2.24, 2.45) is 0 Å². The van der Waals surface area contributed by atoms with Gasteiger partial charge < -0.3 is 8.98 Å². The van der Waals surface area contributed by atoms with Gasteiger partial charge in [0.15, 0.2) is 17.5 Å². The number of furan rings is 1. The second-order valence-corrected chi connectivity index (χ2v) is 13.2. The van der Waals surface area contributed by atoms with E-state index in [2.05, 4.69) is 34.9 Å². The highest BCUT2D eigenvalue weighted by atomic mass is 16.3. The zero-order chi connectivity index (χ0) is 45.7. The van der Waals surface area contributed by atoms with E-state index in [1.165, 1.54) is 6.07 Å². The predicted molar refractivity (Wildman–Crippen MR) is 229 cm³/mol. The van der Waals surface area contributed by atoms with Crippen LogP contribution in [-0.2, 0) is 0 Å². The van der Waals surface area contributed by atoms with Crippen molar-refractivity contribution in [2.45, 2.75) is 0 Å². The first kappa shape index (κ1) is 23.2. The average molecular weight is 727 g/mol. The summed E-state index contributed by atoms with van der Waals surface area (Å²) in [5.74, 6) is 1.06. The van der Waals surface area contributed by atoms with E-state index < -0.39 is 60.4 Å². The molecule has 11 rings (SSSR count). The molecule has 0 radical (unpaired) electrons. The lowest BCUT2D eigenvalue weighted by molar-refractivity contribution is 0.670. The van der Waals surface area contributed by atoms with E-state index in [1.54, 1.807) is 18.2 Å². The second-order valence-electron chi connectivity index (χ2n) is 13.2. The van der Waals surface area contributed by atoms with Gasteiger partial charge in [0.25, 0.3) is 0 Å². The van der Waals surface area contributed by atoms with Crippen LogP contribution in [-0.4, -0.2) is 19.5 Å². The largest absolute Gasteiger partial charge is 0.455 e.